The molecule has 4 amide bonds. The molecule has 5 rings (SSSR count). The van der Waals surface area contributed by atoms with Crippen molar-refractivity contribution in [3.8, 4) is 0 Å². The van der Waals surface area contributed by atoms with Crippen molar-refractivity contribution in [1.82, 2.24) is 30.9 Å². The van der Waals surface area contributed by atoms with Crippen LogP contribution >= 0.6 is 0 Å². The molecular formula is C33H46N6O6. The smallest absolute Gasteiger partial charge is 0.410 e. The number of hydrogen-bond donors (Lipinski definition) is 3. The Balaban J connectivity index is 1.31. The second kappa shape index (κ2) is 14.4. The SMILES string of the molecule is Cc1noc2c1C(=O)NC1(CCN(C(C)C)CC1)CC(=O)NCC[C@H]1CN(C(=O)OCc3ccccc3)CC[C@H]1CC(=O)NC2. The summed E-state index contributed by atoms with van der Waals surface area (Å²) < 4.78 is 11.1. The Morgan fingerprint density at radius 3 is 2.53 bits per heavy atom. The molecule has 1 aromatic carbocycles. The summed E-state index contributed by atoms with van der Waals surface area (Å²) in [6, 6.07) is 9.91. The highest BCUT2D eigenvalue weighted by Gasteiger charge is 2.40. The van der Waals surface area contributed by atoms with Gasteiger partial charge in [0, 0.05) is 51.6 Å². The van der Waals surface area contributed by atoms with Crippen LogP contribution in [0.5, 0.6) is 0 Å². The molecule has 4 heterocycles. The van der Waals surface area contributed by atoms with Crippen LogP contribution in [-0.2, 0) is 27.5 Å². The van der Waals surface area contributed by atoms with Gasteiger partial charge in [0.25, 0.3) is 5.91 Å². The van der Waals surface area contributed by atoms with Crippen molar-refractivity contribution in [3.05, 3.63) is 52.9 Å². The second-order valence-corrected chi connectivity index (χ2v) is 13.0. The number of rotatable bonds is 3. The summed E-state index contributed by atoms with van der Waals surface area (Å²) in [5.74, 6) is -0.349. The van der Waals surface area contributed by atoms with Crippen molar-refractivity contribution in [3.63, 3.8) is 0 Å². The van der Waals surface area contributed by atoms with E-state index in [-0.39, 0.29) is 67.4 Å². The minimum atomic E-state index is -0.722. The standard InChI is InChI=1S/C33H46N6O6/c1-22(2)38-15-11-33(12-16-38)18-29(41)34-13-9-26-20-39(32(43)44-21-24-7-5-4-6-8-24)14-10-25(26)17-28(40)35-19-27-30(31(42)36-33)23(3)37-45-27/h4-8,22,25-26H,9-21H2,1-3H3,(H,34,41)(H,35,40)(H,36,42)/t25-,26-/m0/s1. The number of hydrogen-bond acceptors (Lipinski definition) is 8. The number of carbonyl (C=O) groups excluding carboxylic acids is 4. The normalized spacial score (nSPS) is 23.5. The molecule has 2 aromatic rings. The molecule has 45 heavy (non-hydrogen) atoms. The van der Waals surface area contributed by atoms with Gasteiger partial charge in [0.05, 0.1) is 17.8 Å². The first-order valence-electron chi connectivity index (χ1n) is 16.1. The minimum absolute atomic E-state index is 0.00647. The number of aromatic nitrogens is 1. The summed E-state index contributed by atoms with van der Waals surface area (Å²) in [6.07, 6.45) is 2.55. The van der Waals surface area contributed by atoms with Crippen molar-refractivity contribution in [1.29, 1.82) is 0 Å². The Morgan fingerprint density at radius 1 is 1.04 bits per heavy atom. The number of nitrogens with one attached hydrogen (secondary N) is 3. The zero-order chi connectivity index (χ0) is 32.0. The van der Waals surface area contributed by atoms with Crippen LogP contribution in [-0.4, -0.2) is 83.1 Å². The van der Waals surface area contributed by atoms with Crippen LogP contribution in [0.15, 0.2) is 34.9 Å². The molecule has 0 aliphatic carbocycles. The van der Waals surface area contributed by atoms with E-state index in [0.717, 1.165) is 18.7 Å². The van der Waals surface area contributed by atoms with Gasteiger partial charge in [-0.25, -0.2) is 4.79 Å². The summed E-state index contributed by atoms with van der Waals surface area (Å²) in [7, 11) is 0. The van der Waals surface area contributed by atoms with Crippen LogP contribution in [0.3, 0.4) is 0 Å². The third-order valence-corrected chi connectivity index (χ3v) is 9.61. The fourth-order valence-electron chi connectivity index (χ4n) is 6.85. The fraction of sp³-hybridized carbons (Fsp3) is 0.606. The lowest BCUT2D eigenvalue weighted by atomic mass is 9.80. The van der Waals surface area contributed by atoms with E-state index in [1.54, 1.807) is 11.8 Å². The number of ether oxygens (including phenoxy) is 1. The molecular weight excluding hydrogens is 576 g/mol. The van der Waals surface area contributed by atoms with Crippen molar-refractivity contribution in [2.75, 3.05) is 32.7 Å². The van der Waals surface area contributed by atoms with E-state index in [1.165, 1.54) is 0 Å². The van der Waals surface area contributed by atoms with Crippen LogP contribution in [0, 0.1) is 18.8 Å². The molecule has 3 aliphatic heterocycles. The van der Waals surface area contributed by atoms with E-state index in [1.807, 2.05) is 30.3 Å². The van der Waals surface area contributed by atoms with E-state index in [4.69, 9.17) is 9.26 Å². The van der Waals surface area contributed by atoms with Gasteiger partial charge in [-0.1, -0.05) is 35.5 Å². The van der Waals surface area contributed by atoms with E-state index in [0.29, 0.717) is 62.6 Å². The van der Waals surface area contributed by atoms with E-state index < -0.39 is 5.54 Å². The second-order valence-electron chi connectivity index (χ2n) is 13.0. The molecule has 0 bridgehead atoms. The highest BCUT2D eigenvalue weighted by molar-refractivity contribution is 5.97. The summed E-state index contributed by atoms with van der Waals surface area (Å²) in [6.45, 7) is 9.07. The van der Waals surface area contributed by atoms with Gasteiger partial charge in [-0.3, -0.25) is 14.4 Å². The molecule has 0 saturated carbocycles. The molecule has 0 unspecified atom stereocenters. The van der Waals surface area contributed by atoms with Crippen molar-refractivity contribution >= 4 is 23.8 Å². The topological polar surface area (TPSA) is 146 Å². The van der Waals surface area contributed by atoms with Gasteiger partial charge in [-0.05, 0) is 63.9 Å². The monoisotopic (exact) mass is 622 g/mol. The number of benzene rings is 1. The Morgan fingerprint density at radius 2 is 1.80 bits per heavy atom. The van der Waals surface area contributed by atoms with E-state index >= 15 is 0 Å². The Hall–Kier alpha value is -3.93. The predicted molar refractivity (Wildman–Crippen MR) is 166 cm³/mol. The molecule has 2 fully saturated rings. The number of carbonyl (C=O) groups is 4. The molecule has 2 saturated heterocycles. The first kappa shape index (κ1) is 32.5. The number of nitrogens with zero attached hydrogens (tertiary/aromatic N) is 3. The van der Waals surface area contributed by atoms with Crippen molar-refractivity contribution in [2.45, 2.75) is 84.0 Å². The predicted octanol–water partition coefficient (Wildman–Crippen LogP) is 3.15. The third-order valence-electron chi connectivity index (χ3n) is 9.61. The number of fused-ring (bicyclic) bond motifs is 2. The van der Waals surface area contributed by atoms with Gasteiger partial charge in [-0.15, -0.1) is 0 Å². The Labute approximate surface area is 264 Å². The van der Waals surface area contributed by atoms with Crippen molar-refractivity contribution < 1.29 is 28.4 Å². The molecule has 1 aromatic heterocycles. The summed E-state index contributed by atoms with van der Waals surface area (Å²) >= 11 is 0. The third kappa shape index (κ3) is 8.22. The van der Waals surface area contributed by atoms with E-state index in [9.17, 15) is 19.2 Å². The number of piperidine rings is 2. The highest BCUT2D eigenvalue weighted by Crippen LogP contribution is 2.31. The first-order valence-corrected chi connectivity index (χ1v) is 16.1. The van der Waals surface area contributed by atoms with Crippen molar-refractivity contribution in [2.24, 2.45) is 11.8 Å². The lowest BCUT2D eigenvalue weighted by Gasteiger charge is -2.43. The number of likely N-dealkylation sites (tertiary alicyclic amines) is 2. The maximum Gasteiger partial charge on any atom is 0.410 e. The van der Waals surface area contributed by atoms with Crippen LogP contribution < -0.4 is 16.0 Å². The quantitative estimate of drug-likeness (QED) is 0.473. The van der Waals surface area contributed by atoms with Gasteiger partial charge in [0.1, 0.15) is 12.2 Å². The molecule has 2 atom stereocenters. The zero-order valence-electron chi connectivity index (χ0n) is 26.6. The molecule has 12 heteroatoms. The van der Waals surface area contributed by atoms with Crippen LogP contribution in [0.25, 0.3) is 0 Å². The fourth-order valence-corrected chi connectivity index (χ4v) is 6.85. The van der Waals surface area contributed by atoms with Gasteiger partial charge in [0.15, 0.2) is 5.76 Å². The van der Waals surface area contributed by atoms with Crippen LogP contribution in [0.4, 0.5) is 4.79 Å². The largest absolute Gasteiger partial charge is 0.445 e. The lowest BCUT2D eigenvalue weighted by Crippen LogP contribution is -2.58. The Bertz CT molecular complexity index is 1350. The number of aryl methyl sites for hydroxylation is 1. The molecule has 1 spiro atoms. The first-order chi connectivity index (χ1) is 21.6. The van der Waals surface area contributed by atoms with Crippen LogP contribution in [0.1, 0.15) is 79.7 Å². The Kier molecular flexibility index (Phi) is 10.4. The maximum absolute atomic E-state index is 13.6. The molecule has 0 radical (unpaired) electrons. The minimum Gasteiger partial charge on any atom is -0.445 e. The molecule has 3 N–H and O–H groups in total. The highest BCUT2D eigenvalue weighted by atomic mass is 16.6. The summed E-state index contributed by atoms with van der Waals surface area (Å²) in [5, 5.41) is 13.2. The summed E-state index contributed by atoms with van der Waals surface area (Å²) in [4.78, 5) is 57.2. The zero-order valence-corrected chi connectivity index (χ0v) is 26.6. The van der Waals surface area contributed by atoms with Crippen LogP contribution in [0.2, 0.25) is 0 Å². The van der Waals surface area contributed by atoms with E-state index in [2.05, 4.69) is 39.9 Å². The number of amides is 4. The van der Waals surface area contributed by atoms with Gasteiger partial charge in [-0.2, -0.15) is 0 Å². The average Bonchev–Trinajstić information content (AvgIpc) is 3.40. The lowest BCUT2D eigenvalue weighted by molar-refractivity contribution is -0.124. The summed E-state index contributed by atoms with van der Waals surface area (Å²) in [5.41, 5.74) is 0.927. The molecule has 12 nitrogen and oxygen atoms in total. The van der Waals surface area contributed by atoms with Gasteiger partial charge < -0.3 is 35.0 Å². The maximum atomic E-state index is 13.6. The molecule has 3 aliphatic rings. The average molecular weight is 623 g/mol. The molecule has 244 valence electrons. The van der Waals surface area contributed by atoms with Gasteiger partial charge in [0.2, 0.25) is 11.8 Å². The van der Waals surface area contributed by atoms with Gasteiger partial charge >= 0.3 is 6.09 Å².